The lowest BCUT2D eigenvalue weighted by Gasteiger charge is -2.30. The molecule has 0 N–H and O–H groups in total. The van der Waals surface area contributed by atoms with Crippen LogP contribution in [-0.2, 0) is 11.8 Å². The number of fused-ring (bicyclic) bond motifs is 12. The third-order valence-electron chi connectivity index (χ3n) is 17.2. The molecule has 0 radical (unpaired) electrons. The van der Waals surface area contributed by atoms with Crippen molar-refractivity contribution in [1.82, 2.24) is 4.57 Å². The van der Waals surface area contributed by atoms with E-state index >= 15 is 0 Å². The highest BCUT2D eigenvalue weighted by Gasteiger charge is 2.41. The quantitative estimate of drug-likeness (QED) is 0.148. The average molecular weight is 1090 g/mol. The summed E-state index contributed by atoms with van der Waals surface area (Å²) in [5.74, 6) is 0. The van der Waals surface area contributed by atoms with Crippen LogP contribution in [0.2, 0.25) is 0 Å². The molecule has 416 valence electrons. The lowest BCUT2D eigenvalue weighted by molar-refractivity contribution is 0.490. The fourth-order valence-corrected chi connectivity index (χ4v) is 12.7. The van der Waals surface area contributed by atoms with Crippen LogP contribution in [0.3, 0.4) is 0 Å². The maximum atomic E-state index is 5.73. The molecule has 1 aliphatic rings. The summed E-state index contributed by atoms with van der Waals surface area (Å²) in [6, 6.07) is 75.4. The smallest absolute Gasteiger partial charge is 0.135 e. The summed E-state index contributed by atoms with van der Waals surface area (Å²) in [6.45, 7) is 33.1. The lowest BCUT2D eigenvalue weighted by Crippen LogP contribution is -2.23. The van der Waals surface area contributed by atoms with Crippen molar-refractivity contribution in [3.8, 4) is 16.8 Å². The first-order chi connectivity index (χ1) is 40.9. The molecule has 0 aliphatic heterocycles. The van der Waals surface area contributed by atoms with Gasteiger partial charge < -0.3 is 8.98 Å². The van der Waals surface area contributed by atoms with Crippen molar-refractivity contribution in [2.45, 2.75) is 80.1 Å². The average Bonchev–Trinajstić information content (AvgIpc) is 1.68. The van der Waals surface area contributed by atoms with Crippen LogP contribution < -0.4 is 0 Å². The van der Waals surface area contributed by atoms with Gasteiger partial charge in [0.15, 0.2) is 0 Å². The Labute approximate surface area is 498 Å². The molecule has 0 fully saturated rings. The van der Waals surface area contributed by atoms with Gasteiger partial charge in [0.1, 0.15) is 11.2 Å². The minimum atomic E-state index is 0.172. The highest BCUT2D eigenvalue weighted by molar-refractivity contribution is 6.10. The SMILES string of the molecule is C=Cc1ccc(-n2c3ccccc3c3cccc(C)c32)cc1C=C.C=Cc1ccc(CC)cc1C=C.CCC1(CC)c2cc(C)ccc2-c2c1cc(C)c1ccccc21.Cc1cccc2ccccc12.Cc1cccc2oc3ccccc3c12. The number of hydrogen-bond acceptors (Lipinski definition) is 1. The third kappa shape index (κ3) is 11.0. The zero-order valence-corrected chi connectivity index (χ0v) is 50.3. The monoisotopic (exact) mass is 1090 g/mol. The summed E-state index contributed by atoms with van der Waals surface area (Å²) in [5.41, 5.74) is 24.3. The van der Waals surface area contributed by atoms with Crippen LogP contribution in [0.4, 0.5) is 0 Å². The predicted molar refractivity (Wildman–Crippen MR) is 369 cm³/mol. The van der Waals surface area contributed by atoms with Gasteiger partial charge in [0.05, 0.1) is 11.0 Å². The zero-order chi connectivity index (χ0) is 59.1. The van der Waals surface area contributed by atoms with Gasteiger partial charge in [-0.3, -0.25) is 0 Å². The van der Waals surface area contributed by atoms with E-state index in [0.717, 1.165) is 52.8 Å². The topological polar surface area (TPSA) is 18.1 Å². The molecule has 2 heteroatoms. The van der Waals surface area contributed by atoms with Crippen LogP contribution in [-0.4, -0.2) is 4.57 Å². The summed E-state index contributed by atoms with van der Waals surface area (Å²) in [7, 11) is 0. The van der Waals surface area contributed by atoms with Crippen molar-refractivity contribution in [3.63, 3.8) is 0 Å². The highest BCUT2D eigenvalue weighted by atomic mass is 16.3. The number of furan rings is 1. The largest absolute Gasteiger partial charge is 0.456 e. The first-order valence-electron chi connectivity index (χ1n) is 29.6. The van der Waals surface area contributed by atoms with Crippen molar-refractivity contribution in [1.29, 1.82) is 0 Å². The van der Waals surface area contributed by atoms with Gasteiger partial charge in [-0.15, -0.1) is 0 Å². The van der Waals surface area contributed by atoms with Crippen LogP contribution in [0.25, 0.3) is 106 Å². The third-order valence-corrected chi connectivity index (χ3v) is 17.2. The Morgan fingerprint density at radius 1 is 0.417 bits per heavy atom. The molecule has 2 aromatic heterocycles. The second-order valence-electron chi connectivity index (χ2n) is 22.1. The summed E-state index contributed by atoms with van der Waals surface area (Å²) < 4.78 is 8.08. The fraction of sp³-hybridized carbons (Fsp3) is 0.146. The van der Waals surface area contributed by atoms with E-state index in [1.54, 1.807) is 5.56 Å². The van der Waals surface area contributed by atoms with E-state index in [-0.39, 0.29) is 5.41 Å². The molecule has 0 spiro atoms. The Balaban J connectivity index is 0.000000121. The van der Waals surface area contributed by atoms with E-state index in [4.69, 9.17) is 4.42 Å². The van der Waals surface area contributed by atoms with Gasteiger partial charge >= 0.3 is 0 Å². The van der Waals surface area contributed by atoms with E-state index in [2.05, 4.69) is 268 Å². The Bertz CT molecular complexity index is 4580. The summed E-state index contributed by atoms with van der Waals surface area (Å²) in [5, 5.41) is 10.5. The number of aryl methyl sites for hydroxylation is 6. The highest BCUT2D eigenvalue weighted by Crippen LogP contribution is 2.55. The second kappa shape index (κ2) is 25.3. The molecule has 84 heavy (non-hydrogen) atoms. The molecule has 0 bridgehead atoms. The number of rotatable bonds is 8. The van der Waals surface area contributed by atoms with Gasteiger partial charge in [-0.2, -0.15) is 0 Å². The van der Waals surface area contributed by atoms with Gasteiger partial charge in [-0.1, -0.05) is 259 Å². The van der Waals surface area contributed by atoms with Gasteiger partial charge in [0.25, 0.3) is 0 Å². The minimum Gasteiger partial charge on any atom is -0.456 e. The van der Waals surface area contributed by atoms with Crippen molar-refractivity contribution in [2.24, 2.45) is 0 Å². The number of para-hydroxylation sites is 3. The van der Waals surface area contributed by atoms with Crippen LogP contribution in [0.15, 0.2) is 243 Å². The Morgan fingerprint density at radius 3 is 1.68 bits per heavy atom. The number of aromatic nitrogens is 1. The molecule has 0 saturated carbocycles. The van der Waals surface area contributed by atoms with Crippen LogP contribution in [0, 0.1) is 34.6 Å². The number of nitrogens with zero attached hydrogens (tertiary/aromatic N) is 1. The maximum absolute atomic E-state index is 5.73. The fourth-order valence-electron chi connectivity index (χ4n) is 12.7. The van der Waals surface area contributed by atoms with Crippen molar-refractivity contribution in [2.75, 3.05) is 0 Å². The molecule has 0 amide bonds. The molecule has 2 heterocycles. The van der Waals surface area contributed by atoms with Crippen LogP contribution in [0.1, 0.15) is 100 Å². The molecule has 0 atom stereocenters. The summed E-state index contributed by atoms with van der Waals surface area (Å²) >= 11 is 0. The van der Waals surface area contributed by atoms with E-state index < -0.39 is 0 Å². The van der Waals surface area contributed by atoms with Crippen LogP contribution >= 0.6 is 0 Å². The first-order valence-corrected chi connectivity index (χ1v) is 29.6. The molecule has 0 unspecified atom stereocenters. The van der Waals surface area contributed by atoms with Crippen molar-refractivity contribution in [3.05, 3.63) is 305 Å². The Morgan fingerprint density at radius 2 is 0.976 bits per heavy atom. The van der Waals surface area contributed by atoms with E-state index in [1.165, 1.54) is 110 Å². The second-order valence-corrected chi connectivity index (χ2v) is 22.1. The van der Waals surface area contributed by atoms with Gasteiger partial charge in [-0.05, 0) is 178 Å². The zero-order valence-electron chi connectivity index (χ0n) is 50.3. The summed E-state index contributed by atoms with van der Waals surface area (Å²) in [4.78, 5) is 0. The van der Waals surface area contributed by atoms with E-state index in [0.29, 0.717) is 0 Å². The molecular formula is C82H77NO. The molecule has 2 nitrogen and oxygen atoms in total. The minimum absolute atomic E-state index is 0.172. The molecule has 14 rings (SSSR count). The van der Waals surface area contributed by atoms with Gasteiger partial charge in [-0.25, -0.2) is 0 Å². The molecule has 11 aromatic carbocycles. The van der Waals surface area contributed by atoms with Gasteiger partial charge in [0, 0.05) is 32.6 Å². The lowest BCUT2D eigenvalue weighted by atomic mass is 9.73. The van der Waals surface area contributed by atoms with Crippen molar-refractivity contribution >= 4 is 89.6 Å². The Kier molecular flexibility index (Phi) is 17.4. The first kappa shape index (κ1) is 57.7. The molecule has 0 saturated heterocycles. The van der Waals surface area contributed by atoms with Crippen LogP contribution in [0.5, 0.6) is 0 Å². The summed E-state index contributed by atoms with van der Waals surface area (Å²) in [6.07, 6.45) is 10.9. The normalized spacial score (nSPS) is 11.8. The van der Waals surface area contributed by atoms with E-state index in [1.807, 2.05) is 54.6 Å². The Hall–Kier alpha value is -9.50. The standard InChI is InChI=1S/C23H19N.C23H24.C13H10O.C12H14.C11H10/c1-4-17-13-14-19(15-18(17)5-2)24-22-12-7-6-10-20(22)21-11-8-9-16(3)23(21)24;1-5-23(6-2)20-13-15(3)11-12-19(20)22-18-10-8-7-9-17(18)16(4)14-21(22)23;1-9-5-4-8-12-13(9)10-6-2-3-7-11(10)14-12;1-4-10-7-8-11(5-2)12(6-3)9-10;1-9-5-4-7-10-6-2-3-8-11(9)10/h4-15H,1-2H2,3H3;7-14H,5-6H2,1-4H3;2-8H,1H3;5-9H,2-4H2,1H3;2-8H,1H3. The molecule has 13 aromatic rings. The van der Waals surface area contributed by atoms with Crippen molar-refractivity contribution < 1.29 is 4.42 Å². The molecular weight excluding hydrogens is 1010 g/mol. The van der Waals surface area contributed by atoms with E-state index in [9.17, 15) is 0 Å². The number of hydrogen-bond donors (Lipinski definition) is 0. The number of benzene rings is 11. The maximum Gasteiger partial charge on any atom is 0.135 e. The molecule has 1 aliphatic carbocycles. The van der Waals surface area contributed by atoms with Gasteiger partial charge in [0.2, 0.25) is 0 Å². The predicted octanol–water partition coefficient (Wildman–Crippen LogP) is 23.5.